The first-order chi connectivity index (χ1) is 17.7. The molecule has 0 amide bonds. The molecule has 5 heteroatoms. The van der Waals surface area contributed by atoms with Gasteiger partial charge in [0, 0.05) is 11.7 Å². The largest absolute Gasteiger partial charge is 0.496 e. The first-order valence-electron chi connectivity index (χ1n) is 12.9. The number of hydrogen-bond acceptors (Lipinski definition) is 3. The van der Waals surface area contributed by atoms with Gasteiger partial charge in [-0.3, -0.25) is 4.98 Å². The lowest BCUT2D eigenvalue weighted by Crippen LogP contribution is -2.43. The normalized spacial score (nSPS) is 16.6. The summed E-state index contributed by atoms with van der Waals surface area (Å²) >= 11 is 0. The average Bonchev–Trinajstić information content (AvgIpc) is 3.13. The van der Waals surface area contributed by atoms with Crippen molar-refractivity contribution in [1.29, 1.82) is 0 Å². The van der Waals surface area contributed by atoms with Gasteiger partial charge in [0.2, 0.25) is 6.71 Å². The van der Waals surface area contributed by atoms with Gasteiger partial charge in [-0.15, -0.1) is 0 Å². The highest BCUT2D eigenvalue weighted by atomic mass is 16.7. The molecule has 0 unspecified atom stereocenters. The molecule has 1 aromatic heterocycles. The van der Waals surface area contributed by atoms with E-state index in [0.29, 0.717) is 0 Å². The van der Waals surface area contributed by atoms with E-state index < -0.39 is 7.12 Å². The lowest BCUT2D eigenvalue weighted by Gasteiger charge is -2.32. The number of benzene rings is 3. The molecular formula is C32H33B2NO2. The molecule has 2 heterocycles. The van der Waals surface area contributed by atoms with Crippen LogP contribution in [0.15, 0.2) is 103 Å². The number of aromatic nitrogens is 1. The Bertz CT molecular complexity index is 1330. The summed E-state index contributed by atoms with van der Waals surface area (Å²) in [6, 6.07) is 34.1. The highest BCUT2D eigenvalue weighted by Crippen LogP contribution is 2.36. The van der Waals surface area contributed by atoms with Crippen molar-refractivity contribution >= 4 is 41.8 Å². The molecule has 0 aliphatic carbocycles. The molecule has 1 aliphatic heterocycles. The van der Waals surface area contributed by atoms with E-state index in [1.54, 1.807) is 0 Å². The van der Waals surface area contributed by atoms with Crippen LogP contribution in [0, 0.1) is 6.92 Å². The van der Waals surface area contributed by atoms with Crippen LogP contribution in [0.4, 0.5) is 0 Å². The molecular weight excluding hydrogens is 452 g/mol. The Hall–Kier alpha value is -3.40. The van der Waals surface area contributed by atoms with Gasteiger partial charge in [0.1, 0.15) is 0 Å². The summed E-state index contributed by atoms with van der Waals surface area (Å²) in [6.07, 6.45) is 4.13. The van der Waals surface area contributed by atoms with Crippen molar-refractivity contribution < 1.29 is 9.31 Å². The highest BCUT2D eigenvalue weighted by molar-refractivity contribution is 7.00. The molecule has 0 N–H and O–H groups in total. The summed E-state index contributed by atoms with van der Waals surface area (Å²) in [5.74, 6) is 0. The minimum atomic E-state index is -0.427. The van der Waals surface area contributed by atoms with Gasteiger partial charge in [0.25, 0.3) is 0 Å². The Morgan fingerprint density at radius 3 is 1.73 bits per heavy atom. The Kier molecular flexibility index (Phi) is 6.94. The van der Waals surface area contributed by atoms with Gasteiger partial charge in [0.05, 0.1) is 16.9 Å². The molecule has 5 rings (SSSR count). The molecule has 0 atom stereocenters. The standard InChI is InChI=1S/C32H33B2NO2/c1-24-21-28(34-36-31(2,3)32(4,5)37-34)23-35-30(24)22-29(25-15-9-6-10-16-25)33(26-17-11-7-12-18-26)27-19-13-8-14-20-27/h6-23H,1-5H3/b29-22-. The van der Waals surface area contributed by atoms with E-state index in [2.05, 4.69) is 138 Å². The number of rotatable bonds is 6. The third kappa shape index (κ3) is 5.20. The smallest absolute Gasteiger partial charge is 0.399 e. The molecule has 0 spiro atoms. The molecule has 3 aromatic carbocycles. The van der Waals surface area contributed by atoms with Gasteiger partial charge >= 0.3 is 7.12 Å². The van der Waals surface area contributed by atoms with Crippen molar-refractivity contribution in [2.45, 2.75) is 45.8 Å². The monoisotopic (exact) mass is 485 g/mol. The molecule has 0 radical (unpaired) electrons. The Morgan fingerprint density at radius 2 is 1.24 bits per heavy atom. The summed E-state index contributed by atoms with van der Waals surface area (Å²) in [7, 11) is -0.427. The van der Waals surface area contributed by atoms with E-state index in [9.17, 15) is 0 Å². The quantitative estimate of drug-likeness (QED) is 0.357. The highest BCUT2D eigenvalue weighted by Gasteiger charge is 2.51. The number of aryl methyl sites for hydroxylation is 1. The Balaban J connectivity index is 1.60. The number of nitrogens with zero attached hydrogens (tertiary/aromatic N) is 1. The van der Waals surface area contributed by atoms with Crippen LogP contribution in [-0.2, 0) is 9.31 Å². The second-order valence-corrected chi connectivity index (χ2v) is 10.8. The maximum Gasteiger partial charge on any atom is 0.496 e. The first kappa shape index (κ1) is 25.3. The van der Waals surface area contributed by atoms with Crippen LogP contribution >= 0.6 is 0 Å². The van der Waals surface area contributed by atoms with Gasteiger partial charge in [-0.2, -0.15) is 0 Å². The number of pyridine rings is 1. The fourth-order valence-electron chi connectivity index (χ4n) is 4.82. The van der Waals surface area contributed by atoms with Crippen LogP contribution in [0.3, 0.4) is 0 Å². The lowest BCUT2D eigenvalue weighted by molar-refractivity contribution is 0.00578. The second kappa shape index (κ2) is 10.2. The molecule has 0 saturated carbocycles. The van der Waals surface area contributed by atoms with E-state index in [0.717, 1.165) is 16.7 Å². The van der Waals surface area contributed by atoms with E-state index in [-0.39, 0.29) is 17.9 Å². The van der Waals surface area contributed by atoms with Crippen LogP contribution in [0.25, 0.3) is 11.5 Å². The van der Waals surface area contributed by atoms with Crippen LogP contribution < -0.4 is 16.4 Å². The van der Waals surface area contributed by atoms with Gasteiger partial charge < -0.3 is 9.31 Å². The minimum Gasteiger partial charge on any atom is -0.399 e. The maximum atomic E-state index is 6.27. The van der Waals surface area contributed by atoms with Crippen LogP contribution in [0.5, 0.6) is 0 Å². The molecule has 184 valence electrons. The van der Waals surface area contributed by atoms with E-state index in [1.165, 1.54) is 22.0 Å². The first-order valence-corrected chi connectivity index (χ1v) is 12.9. The Morgan fingerprint density at radius 1 is 0.757 bits per heavy atom. The van der Waals surface area contributed by atoms with Crippen molar-refractivity contribution in [3.05, 3.63) is 120 Å². The average molecular weight is 485 g/mol. The molecule has 1 fully saturated rings. The summed E-state index contributed by atoms with van der Waals surface area (Å²) in [5, 5.41) is 0. The molecule has 37 heavy (non-hydrogen) atoms. The zero-order valence-electron chi connectivity index (χ0n) is 22.3. The third-order valence-corrected chi connectivity index (χ3v) is 7.64. The van der Waals surface area contributed by atoms with Crippen molar-refractivity contribution in [2.24, 2.45) is 0 Å². The molecule has 4 aromatic rings. The van der Waals surface area contributed by atoms with E-state index >= 15 is 0 Å². The molecule has 0 bridgehead atoms. The van der Waals surface area contributed by atoms with Gasteiger partial charge in [-0.1, -0.05) is 113 Å². The van der Waals surface area contributed by atoms with Crippen LogP contribution in [0.2, 0.25) is 0 Å². The fourth-order valence-corrected chi connectivity index (χ4v) is 4.82. The third-order valence-electron chi connectivity index (χ3n) is 7.64. The van der Waals surface area contributed by atoms with Crippen LogP contribution in [0.1, 0.15) is 44.5 Å². The zero-order chi connectivity index (χ0) is 26.0. The summed E-state index contributed by atoms with van der Waals surface area (Å²) in [4.78, 5) is 4.92. The molecule has 1 aliphatic rings. The van der Waals surface area contributed by atoms with E-state index in [4.69, 9.17) is 14.3 Å². The zero-order valence-corrected chi connectivity index (χ0v) is 22.3. The van der Waals surface area contributed by atoms with Gasteiger partial charge in [-0.25, -0.2) is 0 Å². The SMILES string of the molecule is Cc1cc(B2OC(C)(C)C(C)(C)O2)cnc1/C=C(\B(c1ccccc1)c1ccccc1)c1ccccc1. The summed E-state index contributed by atoms with van der Waals surface area (Å²) in [5.41, 5.74) is 7.07. The minimum absolute atomic E-state index is 0.0637. The molecule has 1 saturated heterocycles. The Labute approximate surface area is 221 Å². The van der Waals surface area contributed by atoms with Crippen molar-refractivity contribution in [2.75, 3.05) is 0 Å². The topological polar surface area (TPSA) is 31.4 Å². The van der Waals surface area contributed by atoms with Crippen molar-refractivity contribution in [1.82, 2.24) is 4.98 Å². The predicted molar refractivity (Wildman–Crippen MR) is 157 cm³/mol. The van der Waals surface area contributed by atoms with Crippen molar-refractivity contribution in [3.63, 3.8) is 0 Å². The van der Waals surface area contributed by atoms with E-state index in [1.807, 2.05) is 6.20 Å². The summed E-state index contributed by atoms with van der Waals surface area (Å²) in [6.45, 7) is 10.5. The maximum absolute atomic E-state index is 6.27. The van der Waals surface area contributed by atoms with Gasteiger partial charge in [0.15, 0.2) is 0 Å². The van der Waals surface area contributed by atoms with Crippen LogP contribution in [-0.4, -0.2) is 30.0 Å². The lowest BCUT2D eigenvalue weighted by atomic mass is 9.35. The predicted octanol–water partition coefficient (Wildman–Crippen LogP) is 5.08. The number of hydrogen-bond donors (Lipinski definition) is 0. The fraction of sp³-hybridized carbons (Fsp3) is 0.219. The summed E-state index contributed by atoms with van der Waals surface area (Å²) < 4.78 is 12.5. The van der Waals surface area contributed by atoms with Crippen molar-refractivity contribution in [3.8, 4) is 0 Å². The second-order valence-electron chi connectivity index (χ2n) is 10.8. The van der Waals surface area contributed by atoms with Gasteiger partial charge in [-0.05, 0) is 51.8 Å². The molecule has 3 nitrogen and oxygen atoms in total.